The van der Waals surface area contributed by atoms with Gasteiger partial charge in [-0.15, -0.1) is 0 Å². The van der Waals surface area contributed by atoms with Crippen LogP contribution in [-0.4, -0.2) is 28.8 Å². The van der Waals surface area contributed by atoms with Crippen LogP contribution in [0, 0.1) is 0 Å². The van der Waals surface area contributed by atoms with Crippen molar-refractivity contribution in [2.45, 2.75) is 14.8 Å². The van der Waals surface area contributed by atoms with E-state index in [9.17, 15) is 0 Å². The maximum absolute atomic E-state index is 6.37. The average Bonchev–Trinajstić information content (AvgIpc) is 2.62. The van der Waals surface area contributed by atoms with E-state index in [-0.39, 0.29) is 0 Å². The predicted octanol–water partition coefficient (Wildman–Crippen LogP) is 5.00. The topological polar surface area (TPSA) is 9.23 Å². The maximum atomic E-state index is 6.37. The molecule has 0 saturated carbocycles. The fourth-order valence-electron chi connectivity index (χ4n) is 2.10. The molecule has 0 heterocycles. The standard InChI is InChI=1S/C18H14BrOSi.3CH3.Sn/c19-17-13-7-8-14-18(17)20-21(15-9-3-1-4-10-15)16-11-5-2-6-12-16;;;;/h1-14H;3*1H3;. The number of hydrogen-bond acceptors (Lipinski definition) is 1. The first kappa shape index (κ1) is 20.3. The molecule has 0 spiro atoms. The summed E-state index contributed by atoms with van der Waals surface area (Å²) in [6.45, 7) is 0. The third kappa shape index (κ3) is 7.00. The minimum atomic E-state index is -1.30. The van der Waals surface area contributed by atoms with Gasteiger partial charge < -0.3 is 4.43 Å². The molecule has 0 saturated heterocycles. The van der Waals surface area contributed by atoms with Crippen LogP contribution in [0.15, 0.2) is 89.4 Å². The molecule has 0 N–H and O–H groups in total. The van der Waals surface area contributed by atoms with E-state index >= 15 is 0 Å². The molecular formula is C21H23BrOSiSn. The minimum absolute atomic E-state index is 0.543. The van der Waals surface area contributed by atoms with Gasteiger partial charge in [-0.3, -0.25) is 0 Å². The zero-order valence-electron chi connectivity index (χ0n) is 14.9. The van der Waals surface area contributed by atoms with Crippen molar-refractivity contribution in [1.82, 2.24) is 0 Å². The third-order valence-electron chi connectivity index (χ3n) is 3.12. The zero-order valence-corrected chi connectivity index (χ0v) is 20.3. The van der Waals surface area contributed by atoms with Crippen LogP contribution in [0.3, 0.4) is 0 Å². The first-order valence-electron chi connectivity index (χ1n) is 8.25. The Morgan fingerprint density at radius 2 is 1.08 bits per heavy atom. The normalized spacial score (nSPS) is 10.3. The summed E-state index contributed by atoms with van der Waals surface area (Å²) < 4.78 is 7.36. The van der Waals surface area contributed by atoms with E-state index < -0.39 is 28.8 Å². The van der Waals surface area contributed by atoms with Gasteiger partial charge in [-0.05, 0) is 38.4 Å². The Bertz CT molecular complexity index is 708. The first-order valence-corrected chi connectivity index (χ1v) is 19.0. The van der Waals surface area contributed by atoms with Crippen molar-refractivity contribution in [2.75, 3.05) is 0 Å². The summed E-state index contributed by atoms with van der Waals surface area (Å²) in [5.74, 6) is 0.888. The molecule has 0 bridgehead atoms. The Kier molecular flexibility index (Phi) is 8.79. The van der Waals surface area contributed by atoms with E-state index in [1.54, 1.807) is 0 Å². The molecule has 0 atom stereocenters. The molecule has 0 amide bonds. The number of benzene rings is 3. The van der Waals surface area contributed by atoms with E-state index in [0.29, 0.717) is 0 Å². The molecule has 4 heteroatoms. The van der Waals surface area contributed by atoms with Crippen LogP contribution >= 0.6 is 15.9 Å². The zero-order chi connectivity index (χ0) is 18.1. The summed E-state index contributed by atoms with van der Waals surface area (Å²) in [5.41, 5.74) is 0. The second kappa shape index (κ2) is 10.8. The second-order valence-electron chi connectivity index (χ2n) is 6.09. The van der Waals surface area contributed by atoms with Gasteiger partial charge in [-0.2, -0.15) is 0 Å². The third-order valence-corrected chi connectivity index (χ3v) is 5.92. The summed E-state index contributed by atoms with van der Waals surface area (Å²) >= 11 is 3.02. The van der Waals surface area contributed by atoms with Crippen LogP contribution in [0.5, 0.6) is 5.75 Å². The van der Waals surface area contributed by atoms with Crippen molar-refractivity contribution < 1.29 is 4.43 Å². The van der Waals surface area contributed by atoms with Gasteiger partial charge in [-0.1, -0.05) is 72.8 Å². The Hall–Kier alpha value is -1.04. The molecule has 0 aliphatic heterocycles. The molecule has 0 aromatic heterocycles. The molecule has 0 aliphatic carbocycles. The Morgan fingerprint density at radius 1 is 0.680 bits per heavy atom. The molecule has 3 aromatic carbocycles. The van der Waals surface area contributed by atoms with Crippen LogP contribution < -0.4 is 14.8 Å². The molecule has 25 heavy (non-hydrogen) atoms. The van der Waals surface area contributed by atoms with E-state index in [1.807, 2.05) is 36.4 Å². The van der Waals surface area contributed by atoms with Gasteiger partial charge in [0.2, 0.25) is 0 Å². The van der Waals surface area contributed by atoms with Crippen molar-refractivity contribution >= 4 is 55.1 Å². The van der Waals surface area contributed by atoms with Crippen molar-refractivity contribution in [3.8, 4) is 5.75 Å². The number of hydrogen-bond donors (Lipinski definition) is 0. The fraction of sp³-hybridized carbons (Fsp3) is 0.143. The monoisotopic (exact) mass is 518 g/mol. The van der Waals surface area contributed by atoms with Crippen LogP contribution in [0.25, 0.3) is 0 Å². The van der Waals surface area contributed by atoms with Crippen LogP contribution in [0.4, 0.5) is 0 Å². The number of para-hydroxylation sites is 1. The summed E-state index contributed by atoms with van der Waals surface area (Å²) in [6.07, 6.45) is 0. The fourth-order valence-corrected chi connectivity index (χ4v) is 4.57. The molecule has 2 radical (unpaired) electrons. The van der Waals surface area contributed by atoms with E-state index in [2.05, 4.69) is 79.3 Å². The molecule has 0 fully saturated rings. The van der Waals surface area contributed by atoms with E-state index in [1.165, 1.54) is 10.4 Å². The SMILES string of the molecule is Brc1ccccc1O[Si](c1ccccc1)c1ccccc1.[CH3][Sn]([CH3])[CH3]. The average molecular weight is 518 g/mol. The molecule has 1 nitrogen and oxygen atoms in total. The van der Waals surface area contributed by atoms with Gasteiger partial charge in [0.15, 0.2) is 0 Å². The predicted molar refractivity (Wildman–Crippen MR) is 116 cm³/mol. The van der Waals surface area contributed by atoms with E-state index in [4.69, 9.17) is 4.43 Å². The van der Waals surface area contributed by atoms with Crippen LogP contribution in [0.2, 0.25) is 14.8 Å². The van der Waals surface area contributed by atoms with Gasteiger partial charge in [-0.25, -0.2) is 0 Å². The molecule has 3 aromatic rings. The summed E-state index contributed by atoms with van der Waals surface area (Å²) in [7, 11) is -1.30. The van der Waals surface area contributed by atoms with Crippen LogP contribution in [-0.2, 0) is 0 Å². The van der Waals surface area contributed by atoms with E-state index in [0.717, 1.165) is 10.2 Å². The molecule has 0 aliphatic rings. The van der Waals surface area contributed by atoms with Gasteiger partial charge >= 0.3 is 43.6 Å². The van der Waals surface area contributed by atoms with Crippen molar-refractivity contribution in [1.29, 1.82) is 0 Å². The first-order chi connectivity index (χ1) is 12.1. The second-order valence-corrected chi connectivity index (χ2v) is 17.5. The quantitative estimate of drug-likeness (QED) is 0.442. The van der Waals surface area contributed by atoms with Gasteiger partial charge in [0.1, 0.15) is 5.75 Å². The van der Waals surface area contributed by atoms with Gasteiger partial charge in [0, 0.05) is 0 Å². The van der Waals surface area contributed by atoms with Gasteiger partial charge in [0.05, 0.1) is 4.47 Å². The molecule has 128 valence electrons. The van der Waals surface area contributed by atoms with Crippen LogP contribution in [0.1, 0.15) is 0 Å². The van der Waals surface area contributed by atoms with Crippen molar-refractivity contribution in [2.24, 2.45) is 0 Å². The Labute approximate surface area is 168 Å². The Morgan fingerprint density at radius 3 is 1.52 bits per heavy atom. The molecule has 3 rings (SSSR count). The number of halogens is 1. The van der Waals surface area contributed by atoms with Gasteiger partial charge in [0.25, 0.3) is 0 Å². The summed E-state index contributed by atoms with van der Waals surface area (Å²) in [4.78, 5) is 7.09. The molecule has 0 unspecified atom stereocenters. The number of rotatable bonds is 4. The Balaban J connectivity index is 0.000000511. The van der Waals surface area contributed by atoms with Crippen molar-refractivity contribution in [3.63, 3.8) is 0 Å². The summed E-state index contributed by atoms with van der Waals surface area (Å²) in [5, 5.41) is 2.48. The van der Waals surface area contributed by atoms with Crippen molar-refractivity contribution in [3.05, 3.63) is 89.4 Å². The molecular weight excluding hydrogens is 495 g/mol. The summed E-state index contributed by atoms with van der Waals surface area (Å²) in [6, 6.07) is 28.9.